The summed E-state index contributed by atoms with van der Waals surface area (Å²) in [7, 11) is 1.48. The van der Waals surface area contributed by atoms with E-state index < -0.39 is 0 Å². The van der Waals surface area contributed by atoms with Crippen LogP contribution in [-0.2, 0) is 6.54 Å². The Morgan fingerprint density at radius 3 is 2.95 bits per heavy atom. The van der Waals surface area contributed by atoms with Crippen LogP contribution in [0.15, 0.2) is 39.5 Å². The molecule has 0 spiro atoms. The number of hydrogen-bond acceptors (Lipinski definition) is 6. The van der Waals surface area contributed by atoms with Crippen LogP contribution < -0.4 is 16.0 Å². The Balaban J connectivity index is 2.01. The van der Waals surface area contributed by atoms with Gasteiger partial charge in [-0.15, -0.1) is 5.10 Å². The Kier molecular flexibility index (Phi) is 2.86. The van der Waals surface area contributed by atoms with Crippen LogP contribution in [0.3, 0.4) is 0 Å². The predicted molar refractivity (Wildman–Crippen MR) is 72.6 cm³/mol. The van der Waals surface area contributed by atoms with Gasteiger partial charge in [0.05, 0.1) is 12.8 Å². The second-order valence-electron chi connectivity index (χ2n) is 4.17. The fourth-order valence-electron chi connectivity index (χ4n) is 1.86. The zero-order valence-electron chi connectivity index (χ0n) is 10.7. The summed E-state index contributed by atoms with van der Waals surface area (Å²) in [5.41, 5.74) is 7.24. The number of rotatable bonds is 3. The lowest BCUT2D eigenvalue weighted by molar-refractivity contribution is 0.373. The minimum absolute atomic E-state index is 0.115. The third kappa shape index (κ3) is 2.09. The number of para-hydroxylation sites is 1. The van der Waals surface area contributed by atoms with E-state index in [2.05, 4.69) is 10.1 Å². The molecule has 0 aliphatic rings. The van der Waals surface area contributed by atoms with Crippen molar-refractivity contribution in [2.45, 2.75) is 6.54 Å². The van der Waals surface area contributed by atoms with E-state index in [-0.39, 0.29) is 12.1 Å². The second kappa shape index (κ2) is 4.69. The summed E-state index contributed by atoms with van der Waals surface area (Å²) in [6, 6.07) is 8.17. The van der Waals surface area contributed by atoms with Gasteiger partial charge in [0.1, 0.15) is 12.1 Å². The maximum Gasteiger partial charge on any atom is 0.267 e. The van der Waals surface area contributed by atoms with Crippen molar-refractivity contribution in [3.8, 4) is 5.88 Å². The maximum atomic E-state index is 11.7. The van der Waals surface area contributed by atoms with Crippen LogP contribution in [-0.4, -0.2) is 21.9 Å². The second-order valence-corrected chi connectivity index (χ2v) is 4.17. The van der Waals surface area contributed by atoms with E-state index in [1.807, 2.05) is 0 Å². The summed E-state index contributed by atoms with van der Waals surface area (Å²) < 4.78 is 11.8. The Labute approximate surface area is 113 Å². The van der Waals surface area contributed by atoms with Crippen LogP contribution >= 0.6 is 0 Å². The van der Waals surface area contributed by atoms with Gasteiger partial charge >= 0.3 is 0 Å². The number of hydrogen-bond donors (Lipinski definition) is 1. The highest BCUT2D eigenvalue weighted by Crippen LogP contribution is 2.21. The van der Waals surface area contributed by atoms with Crippen molar-refractivity contribution in [3.63, 3.8) is 0 Å². The highest BCUT2D eigenvalue weighted by Gasteiger charge is 2.10. The quantitative estimate of drug-likeness (QED) is 0.715. The van der Waals surface area contributed by atoms with Gasteiger partial charge in [-0.25, -0.2) is 9.67 Å². The molecule has 0 aliphatic heterocycles. The Hall–Kier alpha value is -2.83. The van der Waals surface area contributed by atoms with Gasteiger partial charge in [-0.3, -0.25) is 4.79 Å². The minimum Gasteiger partial charge on any atom is -0.480 e. The molecular weight excluding hydrogens is 260 g/mol. The number of nitrogens with zero attached hydrogens (tertiary/aromatic N) is 3. The summed E-state index contributed by atoms with van der Waals surface area (Å²) in [5.74, 6) is 0.709. The molecule has 0 fully saturated rings. The van der Waals surface area contributed by atoms with Crippen molar-refractivity contribution in [1.29, 1.82) is 0 Å². The van der Waals surface area contributed by atoms with Crippen molar-refractivity contribution >= 4 is 16.8 Å². The zero-order valence-corrected chi connectivity index (χ0v) is 10.7. The molecule has 0 aliphatic carbocycles. The maximum absolute atomic E-state index is 11.7. The normalized spacial score (nSPS) is 10.8. The van der Waals surface area contributed by atoms with Gasteiger partial charge in [0, 0.05) is 12.1 Å². The first-order valence-corrected chi connectivity index (χ1v) is 5.93. The first-order chi connectivity index (χ1) is 9.67. The summed E-state index contributed by atoms with van der Waals surface area (Å²) in [4.78, 5) is 16.0. The smallest absolute Gasteiger partial charge is 0.267 e. The standard InChI is InChI=1S/C13H12N4O3/c1-19-10-5-6-12(18)17(16-10)7-11-15-13-8(14)3-2-4-9(13)20-11/h2-6H,7,14H2,1H3. The average molecular weight is 272 g/mol. The number of fused-ring (bicyclic) bond motifs is 1. The van der Waals surface area contributed by atoms with Crippen molar-refractivity contribution in [3.05, 3.63) is 46.6 Å². The molecule has 0 saturated heterocycles. The van der Waals surface area contributed by atoms with Crippen molar-refractivity contribution in [2.75, 3.05) is 12.8 Å². The molecular formula is C13H12N4O3. The van der Waals surface area contributed by atoms with E-state index in [9.17, 15) is 4.79 Å². The van der Waals surface area contributed by atoms with E-state index in [0.29, 0.717) is 28.6 Å². The molecule has 3 rings (SSSR count). The van der Waals surface area contributed by atoms with Gasteiger partial charge in [0.2, 0.25) is 11.8 Å². The summed E-state index contributed by atoms with van der Waals surface area (Å²) in [5, 5.41) is 4.03. The first-order valence-electron chi connectivity index (χ1n) is 5.93. The van der Waals surface area contributed by atoms with E-state index in [1.54, 1.807) is 18.2 Å². The first kappa shape index (κ1) is 12.2. The van der Waals surface area contributed by atoms with Crippen LogP contribution in [0.4, 0.5) is 5.69 Å². The predicted octanol–water partition coefficient (Wildman–Crippen LogP) is 1.02. The number of anilines is 1. The SMILES string of the molecule is COc1ccc(=O)n(Cc2nc3c(N)cccc3o2)n1. The van der Waals surface area contributed by atoms with Crippen LogP contribution in [0, 0.1) is 0 Å². The molecule has 1 aromatic carbocycles. The number of nitrogens with two attached hydrogens (primary N) is 1. The molecule has 2 heterocycles. The molecule has 102 valence electrons. The van der Waals surface area contributed by atoms with Crippen molar-refractivity contribution in [2.24, 2.45) is 0 Å². The van der Waals surface area contributed by atoms with Gasteiger partial charge in [0.25, 0.3) is 5.56 Å². The van der Waals surface area contributed by atoms with Gasteiger partial charge in [-0.2, -0.15) is 0 Å². The number of aromatic nitrogens is 3. The van der Waals surface area contributed by atoms with Crippen molar-refractivity contribution < 1.29 is 9.15 Å². The molecule has 7 nitrogen and oxygen atoms in total. The molecule has 7 heteroatoms. The van der Waals surface area contributed by atoms with Crippen molar-refractivity contribution in [1.82, 2.24) is 14.8 Å². The van der Waals surface area contributed by atoms with Gasteiger partial charge < -0.3 is 14.9 Å². The molecule has 0 bridgehead atoms. The largest absolute Gasteiger partial charge is 0.480 e. The number of benzene rings is 1. The number of nitrogen functional groups attached to an aromatic ring is 1. The fraction of sp³-hybridized carbons (Fsp3) is 0.154. The Bertz CT molecular complexity index is 822. The molecule has 3 aromatic rings. The average Bonchev–Trinajstić information content (AvgIpc) is 2.85. The van der Waals surface area contributed by atoms with E-state index >= 15 is 0 Å². The lowest BCUT2D eigenvalue weighted by atomic mass is 10.3. The van der Waals surface area contributed by atoms with Crippen LogP contribution in [0.5, 0.6) is 5.88 Å². The Morgan fingerprint density at radius 2 is 2.20 bits per heavy atom. The third-order valence-corrected chi connectivity index (χ3v) is 2.83. The monoisotopic (exact) mass is 272 g/mol. The van der Waals surface area contributed by atoms with Gasteiger partial charge in [-0.05, 0) is 12.1 Å². The minimum atomic E-state index is -0.263. The molecule has 0 saturated carbocycles. The molecule has 0 unspecified atom stereocenters. The third-order valence-electron chi connectivity index (χ3n) is 2.83. The van der Waals surface area contributed by atoms with E-state index in [1.165, 1.54) is 23.9 Å². The van der Waals surface area contributed by atoms with E-state index in [4.69, 9.17) is 14.9 Å². The summed E-state index contributed by atoms with van der Waals surface area (Å²) in [6.07, 6.45) is 0. The van der Waals surface area contributed by atoms with Gasteiger partial charge in [0.15, 0.2) is 5.58 Å². The highest BCUT2D eigenvalue weighted by molar-refractivity contribution is 5.85. The molecule has 2 aromatic heterocycles. The summed E-state index contributed by atoms with van der Waals surface area (Å²) in [6.45, 7) is 0.115. The zero-order chi connectivity index (χ0) is 14.1. The van der Waals surface area contributed by atoms with E-state index in [0.717, 1.165) is 0 Å². The Morgan fingerprint density at radius 1 is 1.35 bits per heavy atom. The lowest BCUT2D eigenvalue weighted by Gasteiger charge is -2.03. The molecule has 0 radical (unpaired) electrons. The summed E-state index contributed by atoms with van der Waals surface area (Å²) >= 11 is 0. The molecule has 0 amide bonds. The number of methoxy groups -OCH3 is 1. The molecule has 2 N–H and O–H groups in total. The molecule has 20 heavy (non-hydrogen) atoms. The van der Waals surface area contributed by atoms with Gasteiger partial charge in [-0.1, -0.05) is 6.07 Å². The fourth-order valence-corrected chi connectivity index (χ4v) is 1.86. The van der Waals surface area contributed by atoms with Crippen LogP contribution in [0.1, 0.15) is 5.89 Å². The lowest BCUT2D eigenvalue weighted by Crippen LogP contribution is -2.22. The topological polar surface area (TPSA) is 96.2 Å². The number of ether oxygens (including phenoxy) is 1. The van der Waals surface area contributed by atoms with Crippen LogP contribution in [0.25, 0.3) is 11.1 Å². The highest BCUT2D eigenvalue weighted by atomic mass is 16.5. The van der Waals surface area contributed by atoms with Crippen LogP contribution in [0.2, 0.25) is 0 Å². The number of oxazole rings is 1. The molecule has 0 atom stereocenters.